The maximum atomic E-state index is 13.0. The van der Waals surface area contributed by atoms with Crippen LogP contribution in [-0.2, 0) is 23.8 Å². The average molecular weight is 1020 g/mol. The van der Waals surface area contributed by atoms with Crippen molar-refractivity contribution >= 4 is 11.9 Å². The highest BCUT2D eigenvalue weighted by molar-refractivity contribution is 5.76. The third kappa shape index (κ3) is 40.2. The first kappa shape index (κ1) is 67.9. The van der Waals surface area contributed by atoms with E-state index in [4.69, 9.17) is 14.2 Å². The van der Waals surface area contributed by atoms with Crippen molar-refractivity contribution < 1.29 is 49.3 Å². The highest BCUT2D eigenvalue weighted by Crippen LogP contribution is 2.23. The lowest BCUT2D eigenvalue weighted by molar-refractivity contribution is -0.302. The van der Waals surface area contributed by atoms with Crippen LogP contribution in [0.3, 0.4) is 0 Å². The number of hydrogen-bond acceptors (Lipinski definition) is 10. The van der Waals surface area contributed by atoms with E-state index in [0.717, 1.165) is 83.5 Å². The number of aliphatic hydroxyl groups is 5. The fraction of sp³-hybridized carbons (Fsp3) is 0.869. The average Bonchev–Trinajstić information content (AvgIpc) is 3.38. The maximum Gasteiger partial charge on any atom is 0.305 e. The van der Waals surface area contributed by atoms with Crippen molar-refractivity contribution in [3.8, 4) is 0 Å². The molecule has 1 heterocycles. The van der Waals surface area contributed by atoms with Gasteiger partial charge in [0.15, 0.2) is 6.29 Å². The van der Waals surface area contributed by atoms with E-state index < -0.39 is 49.5 Å². The largest absolute Gasteiger partial charge is 0.466 e. The second kappa shape index (κ2) is 51.0. The molecule has 0 radical (unpaired) electrons. The molecule has 1 aliphatic heterocycles. The summed E-state index contributed by atoms with van der Waals surface area (Å²) < 4.78 is 16.7. The quantitative estimate of drug-likeness (QED) is 0.0195. The molecule has 0 spiro atoms. The summed E-state index contributed by atoms with van der Waals surface area (Å²) in [5.74, 6) is -0.212. The van der Waals surface area contributed by atoms with E-state index >= 15 is 0 Å². The Morgan fingerprint density at radius 3 is 1.33 bits per heavy atom. The Balaban J connectivity index is 2.02. The summed E-state index contributed by atoms with van der Waals surface area (Å²) in [5.41, 5.74) is 0. The first-order valence-electron chi connectivity index (χ1n) is 30.3. The second-order valence-electron chi connectivity index (χ2n) is 21.0. The minimum atomic E-state index is -1.57. The molecule has 0 aromatic rings. The van der Waals surface area contributed by atoms with Gasteiger partial charge in [-0.05, 0) is 83.5 Å². The molecule has 0 bridgehead atoms. The SMILES string of the molecule is CCCCCCCCC/C=C\CCCCCCCC(=O)OCCCCCCCCCC/C=C\CCCCCCCCCC(=O)NC(COC1OC(CO)C(O)C(O)C1O)C(O)/C=C/CCCCCCCCC. The van der Waals surface area contributed by atoms with Gasteiger partial charge in [0.25, 0.3) is 0 Å². The van der Waals surface area contributed by atoms with Crippen LogP contribution in [0.2, 0.25) is 0 Å². The monoisotopic (exact) mass is 1020 g/mol. The van der Waals surface area contributed by atoms with E-state index in [2.05, 4.69) is 43.5 Å². The third-order valence-corrected chi connectivity index (χ3v) is 14.2. The fourth-order valence-corrected chi connectivity index (χ4v) is 9.36. The molecule has 0 aromatic heterocycles. The maximum absolute atomic E-state index is 13.0. The van der Waals surface area contributed by atoms with Gasteiger partial charge in [-0.25, -0.2) is 0 Å². The van der Waals surface area contributed by atoms with Crippen LogP contribution < -0.4 is 5.32 Å². The molecule has 1 fully saturated rings. The predicted molar refractivity (Wildman–Crippen MR) is 297 cm³/mol. The lowest BCUT2D eigenvalue weighted by Crippen LogP contribution is -2.60. The van der Waals surface area contributed by atoms with Gasteiger partial charge in [-0.3, -0.25) is 9.59 Å². The molecule has 7 atom stereocenters. The van der Waals surface area contributed by atoms with Crippen LogP contribution in [0.1, 0.15) is 277 Å². The summed E-state index contributed by atoms with van der Waals surface area (Å²) in [6.45, 7) is 4.29. The van der Waals surface area contributed by atoms with E-state index in [9.17, 15) is 35.1 Å². The van der Waals surface area contributed by atoms with Gasteiger partial charge in [0, 0.05) is 12.8 Å². The van der Waals surface area contributed by atoms with E-state index in [0.29, 0.717) is 19.4 Å². The van der Waals surface area contributed by atoms with Crippen molar-refractivity contribution in [3.05, 3.63) is 36.5 Å². The molecule has 0 aliphatic carbocycles. The topological polar surface area (TPSA) is 175 Å². The zero-order chi connectivity index (χ0) is 52.4. The van der Waals surface area contributed by atoms with Crippen molar-refractivity contribution in [1.29, 1.82) is 0 Å². The Hall–Kier alpha value is -2.12. The number of esters is 1. The summed E-state index contributed by atoms with van der Waals surface area (Å²) in [4.78, 5) is 25.1. The normalized spacial score (nSPS) is 19.2. The number of carbonyl (C=O) groups is 2. The Labute approximate surface area is 441 Å². The summed E-state index contributed by atoms with van der Waals surface area (Å²) >= 11 is 0. The van der Waals surface area contributed by atoms with Gasteiger partial charge in [0.05, 0.1) is 32.0 Å². The Morgan fingerprint density at radius 1 is 0.500 bits per heavy atom. The number of allylic oxidation sites excluding steroid dienone is 5. The second-order valence-corrected chi connectivity index (χ2v) is 21.0. The van der Waals surface area contributed by atoms with E-state index in [-0.39, 0.29) is 18.5 Å². The zero-order valence-electron chi connectivity index (χ0n) is 46.4. The van der Waals surface area contributed by atoms with Crippen LogP contribution in [0.5, 0.6) is 0 Å². The van der Waals surface area contributed by atoms with Crippen LogP contribution in [-0.4, -0.2) is 100 Å². The molecule has 422 valence electrons. The van der Waals surface area contributed by atoms with Crippen LogP contribution in [0.25, 0.3) is 0 Å². The van der Waals surface area contributed by atoms with Crippen molar-refractivity contribution in [1.82, 2.24) is 5.32 Å². The number of hydrogen-bond donors (Lipinski definition) is 6. The number of amides is 1. The Bertz CT molecular complexity index is 1290. The van der Waals surface area contributed by atoms with Crippen molar-refractivity contribution in [2.24, 2.45) is 0 Å². The molecule has 1 rings (SSSR count). The molecule has 11 heteroatoms. The van der Waals surface area contributed by atoms with Gasteiger partial charge in [-0.1, -0.05) is 217 Å². The van der Waals surface area contributed by atoms with Crippen molar-refractivity contribution in [2.75, 3.05) is 19.8 Å². The van der Waals surface area contributed by atoms with E-state index in [1.807, 2.05) is 6.08 Å². The summed E-state index contributed by atoms with van der Waals surface area (Å²) in [7, 11) is 0. The lowest BCUT2D eigenvalue weighted by atomic mass is 9.99. The van der Waals surface area contributed by atoms with Crippen LogP contribution >= 0.6 is 0 Å². The zero-order valence-corrected chi connectivity index (χ0v) is 46.4. The molecule has 11 nitrogen and oxygen atoms in total. The van der Waals surface area contributed by atoms with Gasteiger partial charge in [-0.15, -0.1) is 0 Å². The van der Waals surface area contributed by atoms with Gasteiger partial charge < -0.3 is 45.1 Å². The number of aliphatic hydroxyl groups excluding tert-OH is 5. The molecular weight excluding hydrogens is 907 g/mol. The Morgan fingerprint density at radius 2 is 0.889 bits per heavy atom. The van der Waals surface area contributed by atoms with Crippen LogP contribution in [0, 0.1) is 0 Å². The minimum Gasteiger partial charge on any atom is -0.466 e. The van der Waals surface area contributed by atoms with Crippen LogP contribution in [0.15, 0.2) is 36.5 Å². The molecule has 0 saturated carbocycles. The van der Waals surface area contributed by atoms with E-state index in [1.165, 1.54) is 167 Å². The van der Waals surface area contributed by atoms with Crippen molar-refractivity contribution in [3.63, 3.8) is 0 Å². The van der Waals surface area contributed by atoms with Gasteiger partial charge >= 0.3 is 5.97 Å². The summed E-state index contributed by atoms with van der Waals surface area (Å²) in [5, 5.41) is 54.2. The molecule has 72 heavy (non-hydrogen) atoms. The lowest BCUT2D eigenvalue weighted by Gasteiger charge is -2.40. The molecule has 1 aliphatic rings. The van der Waals surface area contributed by atoms with Crippen LogP contribution in [0.4, 0.5) is 0 Å². The number of nitrogens with one attached hydrogen (secondary N) is 1. The molecular formula is C61H113NO10. The number of unbranched alkanes of at least 4 members (excludes halogenated alkanes) is 34. The molecule has 1 saturated heterocycles. The third-order valence-electron chi connectivity index (χ3n) is 14.2. The minimum absolute atomic E-state index is 0.0186. The summed E-state index contributed by atoms with van der Waals surface area (Å²) in [6, 6.07) is -0.816. The first-order valence-corrected chi connectivity index (χ1v) is 30.3. The smallest absolute Gasteiger partial charge is 0.305 e. The molecule has 0 aromatic carbocycles. The van der Waals surface area contributed by atoms with Gasteiger partial charge in [0.1, 0.15) is 24.4 Å². The number of rotatable bonds is 52. The highest BCUT2D eigenvalue weighted by atomic mass is 16.7. The molecule has 7 unspecified atom stereocenters. The molecule has 6 N–H and O–H groups in total. The molecule has 1 amide bonds. The van der Waals surface area contributed by atoms with Gasteiger partial charge in [0.2, 0.25) is 5.91 Å². The Kier molecular flexibility index (Phi) is 48.1. The standard InChI is InChI=1S/C61H113NO10/c1-3-5-7-9-11-13-14-15-16-23-26-29-33-37-41-45-49-57(66)70-50-46-42-38-34-30-27-24-21-19-17-18-20-22-25-28-32-36-40-44-48-56(65)62-53(54(64)47-43-39-35-31-12-10-8-6-4-2)52-71-61-60(69)59(68)58(67)55(51-63)72-61/h16-18,23,43,47,53-55,58-61,63-64,67-69H,3-15,19-22,24-42,44-46,48-52H2,1-2H3,(H,62,65)/b18-17-,23-16-,47-43+. The number of carbonyl (C=O) groups excluding carboxylic acids is 2. The van der Waals surface area contributed by atoms with Crippen molar-refractivity contribution in [2.45, 2.75) is 320 Å². The first-order chi connectivity index (χ1) is 35.2. The van der Waals surface area contributed by atoms with Gasteiger partial charge in [-0.2, -0.15) is 0 Å². The fourth-order valence-electron chi connectivity index (χ4n) is 9.36. The summed E-state index contributed by atoms with van der Waals surface area (Å²) in [6.07, 6.45) is 52.5. The highest BCUT2D eigenvalue weighted by Gasteiger charge is 2.44. The number of ether oxygens (including phenoxy) is 3. The van der Waals surface area contributed by atoms with E-state index in [1.54, 1.807) is 6.08 Å². The predicted octanol–water partition coefficient (Wildman–Crippen LogP) is 13.9.